The normalized spacial score (nSPS) is 11.0. The number of hydrogen-bond donors (Lipinski definition) is 4. The molecule has 16 nitrogen and oxygen atoms in total. The quantitative estimate of drug-likeness (QED) is 0.160. The summed E-state index contributed by atoms with van der Waals surface area (Å²) in [6.45, 7) is 0. The molecule has 0 spiro atoms. The van der Waals surface area contributed by atoms with Gasteiger partial charge in [-0.05, 0) is 0 Å². The Hall–Kier alpha value is 0.194. The fraction of sp³-hybridized carbons (Fsp3) is 0. The van der Waals surface area contributed by atoms with Crippen LogP contribution in [0.1, 0.15) is 0 Å². The van der Waals surface area contributed by atoms with Crippen molar-refractivity contribution in [3.8, 4) is 0 Å². The second kappa shape index (κ2) is 12.7. The molecule has 0 rings (SSSR count). The Balaban J connectivity index is -0.0000000533. The van der Waals surface area contributed by atoms with Crippen molar-refractivity contribution < 1.29 is 91.8 Å². The molecule has 0 aromatic carbocycles. The van der Waals surface area contributed by atoms with Crippen molar-refractivity contribution in [3.05, 3.63) is 0 Å². The summed E-state index contributed by atoms with van der Waals surface area (Å²) < 4.78 is 131. The molecule has 21 heteroatoms. The summed E-state index contributed by atoms with van der Waals surface area (Å²) in [7, 11) is -19.7. The summed E-state index contributed by atoms with van der Waals surface area (Å²) in [6.07, 6.45) is 0. The first-order valence-corrected chi connectivity index (χ1v) is 8.19. The third-order valence-electron chi connectivity index (χ3n) is 0. The van der Waals surface area contributed by atoms with E-state index in [0.717, 1.165) is 0 Å². The van der Waals surface area contributed by atoms with Crippen molar-refractivity contribution in [2.75, 3.05) is 0 Å². The Morgan fingerprint density at radius 3 is 0.476 bits per heavy atom. The first-order chi connectivity index (χ1) is 8.00. The third-order valence-corrected chi connectivity index (χ3v) is 0. The van der Waals surface area contributed by atoms with E-state index in [0.29, 0.717) is 0 Å². The average Bonchev–Trinajstić information content (AvgIpc) is 1.62. The molecule has 0 aliphatic carbocycles. The van der Waals surface area contributed by atoms with Gasteiger partial charge >= 0.3 is 42.5 Å². The smallest absolute Gasteiger partial charge is 0.759 e. The number of rotatable bonds is 0. The molecule has 0 aromatic heterocycles. The molecular weight excluding hydrogens is 432 g/mol. The summed E-state index contributed by atoms with van der Waals surface area (Å²) in [6, 6.07) is 0. The van der Waals surface area contributed by atoms with Gasteiger partial charge in [-0.3, -0.25) is 35.0 Å². The largest absolute Gasteiger partial charge is 4.00 e. The average molecular weight is 436 g/mol. The Labute approximate surface area is 133 Å². The van der Waals surface area contributed by atoms with Gasteiger partial charge < -0.3 is 18.2 Å². The SMILES string of the molecule is O=S(=O)(O)O.O=S(=O)(O)O.O=S(=O)([O-])[O-].O=S(=O)([O-])[O-].[Ti+4]. The van der Waals surface area contributed by atoms with Gasteiger partial charge in [0.25, 0.3) is 0 Å². The molecule has 0 aromatic rings. The molecule has 128 valence electrons. The van der Waals surface area contributed by atoms with Gasteiger partial charge in [0.1, 0.15) is 0 Å². The monoisotopic (exact) mass is 436 g/mol. The Morgan fingerprint density at radius 1 is 0.476 bits per heavy atom. The van der Waals surface area contributed by atoms with Crippen LogP contribution < -0.4 is 0 Å². The molecule has 0 aliphatic rings. The van der Waals surface area contributed by atoms with Gasteiger partial charge in [0.2, 0.25) is 0 Å². The van der Waals surface area contributed by atoms with Gasteiger partial charge in [-0.15, -0.1) is 0 Å². The van der Waals surface area contributed by atoms with Gasteiger partial charge in [-0.25, -0.2) is 0 Å². The van der Waals surface area contributed by atoms with Crippen LogP contribution in [0.25, 0.3) is 0 Å². The van der Waals surface area contributed by atoms with Crippen LogP contribution in [-0.4, -0.2) is 70.1 Å². The molecule has 0 aliphatic heterocycles. The predicted molar refractivity (Wildman–Crippen MR) is 49.3 cm³/mol. The number of hydrogen-bond acceptors (Lipinski definition) is 12. The minimum absolute atomic E-state index is 0. The van der Waals surface area contributed by atoms with Crippen molar-refractivity contribution in [1.29, 1.82) is 0 Å². The molecular formula is H4O16S4Ti. The second-order valence-corrected chi connectivity index (χ2v) is 5.14. The zero-order valence-electron chi connectivity index (χ0n) is 8.82. The molecule has 0 bridgehead atoms. The van der Waals surface area contributed by atoms with Gasteiger partial charge in [0.15, 0.2) is 0 Å². The van der Waals surface area contributed by atoms with Crippen molar-refractivity contribution in [3.63, 3.8) is 0 Å². The van der Waals surface area contributed by atoms with E-state index in [9.17, 15) is 0 Å². The third kappa shape index (κ3) is 177000. The summed E-state index contributed by atoms with van der Waals surface area (Å²) in [5.41, 5.74) is 0. The van der Waals surface area contributed by atoms with Gasteiger partial charge in [-0.2, -0.15) is 16.8 Å². The Kier molecular flexibility index (Phi) is 19.9. The predicted octanol–water partition coefficient (Wildman–Crippen LogP) is -3.98. The van der Waals surface area contributed by atoms with Crippen molar-refractivity contribution in [2.45, 2.75) is 0 Å². The van der Waals surface area contributed by atoms with Crippen molar-refractivity contribution in [2.24, 2.45) is 0 Å². The molecule has 0 saturated carbocycles. The first-order valence-electron chi connectivity index (χ1n) is 2.73. The fourth-order valence-electron chi connectivity index (χ4n) is 0. The zero-order chi connectivity index (χ0) is 18.0. The van der Waals surface area contributed by atoms with Crippen molar-refractivity contribution in [1.82, 2.24) is 0 Å². The second-order valence-electron chi connectivity index (χ2n) is 1.71. The van der Waals surface area contributed by atoms with Gasteiger partial charge in [0, 0.05) is 20.8 Å². The molecule has 0 radical (unpaired) electrons. The Morgan fingerprint density at radius 2 is 0.476 bits per heavy atom. The molecule has 0 amide bonds. The summed E-state index contributed by atoms with van der Waals surface area (Å²) >= 11 is 0. The molecule has 0 atom stereocenters. The maximum atomic E-state index is 8.74. The van der Waals surface area contributed by atoms with Crippen LogP contribution in [0.4, 0.5) is 0 Å². The maximum Gasteiger partial charge on any atom is 4.00 e. The van der Waals surface area contributed by atoms with Crippen LogP contribution in [0.15, 0.2) is 0 Å². The van der Waals surface area contributed by atoms with Crippen LogP contribution in [0, 0.1) is 0 Å². The summed E-state index contributed by atoms with van der Waals surface area (Å²) in [5.74, 6) is 0. The summed E-state index contributed by atoms with van der Waals surface area (Å²) in [5, 5.41) is 0. The van der Waals surface area contributed by atoms with E-state index < -0.39 is 41.6 Å². The van der Waals surface area contributed by atoms with E-state index in [4.69, 9.17) is 70.1 Å². The minimum atomic E-state index is -5.17. The van der Waals surface area contributed by atoms with Gasteiger partial charge in [-0.1, -0.05) is 0 Å². The van der Waals surface area contributed by atoms with Crippen LogP contribution in [0.3, 0.4) is 0 Å². The van der Waals surface area contributed by atoms with Crippen LogP contribution in [0.5, 0.6) is 0 Å². The standard InChI is InChI=1S/4H2O4S.Ti/c4*1-5(2,3)4;/h4*(H2,1,2,3,4);/q;;;;+4/p-4. The van der Waals surface area contributed by atoms with Crippen molar-refractivity contribution >= 4 is 41.6 Å². The minimum Gasteiger partial charge on any atom is -0.759 e. The summed E-state index contributed by atoms with van der Waals surface area (Å²) in [4.78, 5) is 0. The van der Waals surface area contributed by atoms with E-state index in [-0.39, 0.29) is 21.7 Å². The van der Waals surface area contributed by atoms with E-state index in [2.05, 4.69) is 0 Å². The topological polar surface area (TPSA) is 310 Å². The van der Waals surface area contributed by atoms with Crippen LogP contribution in [0.2, 0.25) is 0 Å². The van der Waals surface area contributed by atoms with E-state index >= 15 is 0 Å². The Bertz CT molecular complexity index is 473. The maximum absolute atomic E-state index is 8.74. The molecule has 0 unspecified atom stereocenters. The van der Waals surface area contributed by atoms with Crippen LogP contribution >= 0.6 is 0 Å². The van der Waals surface area contributed by atoms with E-state index in [1.165, 1.54) is 0 Å². The van der Waals surface area contributed by atoms with E-state index in [1.807, 2.05) is 0 Å². The van der Waals surface area contributed by atoms with Gasteiger partial charge in [0.05, 0.1) is 0 Å². The van der Waals surface area contributed by atoms with E-state index in [1.54, 1.807) is 0 Å². The molecule has 21 heavy (non-hydrogen) atoms. The molecule has 0 saturated heterocycles. The molecule has 0 fully saturated rings. The molecule has 4 N–H and O–H groups in total. The zero-order valence-corrected chi connectivity index (χ0v) is 13.6. The van der Waals surface area contributed by atoms with Crippen LogP contribution in [-0.2, 0) is 63.3 Å². The first kappa shape index (κ1) is 33.0. The fourth-order valence-corrected chi connectivity index (χ4v) is 0. The molecule has 0 heterocycles.